The number of amides is 1. The van der Waals surface area contributed by atoms with Crippen LogP contribution in [0.25, 0.3) is 0 Å². The lowest BCUT2D eigenvalue weighted by atomic mass is 9.82. The van der Waals surface area contributed by atoms with E-state index in [4.69, 9.17) is 21.4 Å². The summed E-state index contributed by atoms with van der Waals surface area (Å²) in [6, 6.07) is 7.11. The number of benzene rings is 1. The lowest BCUT2D eigenvalue weighted by Gasteiger charge is -2.25. The summed E-state index contributed by atoms with van der Waals surface area (Å²) in [6.45, 7) is 0.737. The fourth-order valence-electron chi connectivity index (χ4n) is 2.62. The van der Waals surface area contributed by atoms with Gasteiger partial charge in [0.05, 0.1) is 5.92 Å². The Labute approximate surface area is 134 Å². The van der Waals surface area contributed by atoms with Gasteiger partial charge < -0.3 is 15.2 Å². The van der Waals surface area contributed by atoms with Gasteiger partial charge in [-0.2, -0.15) is 0 Å². The Hall–Kier alpha value is -1.75. The molecule has 1 amide bonds. The first-order chi connectivity index (χ1) is 10.5. The minimum Gasteiger partial charge on any atom is -0.481 e. The van der Waals surface area contributed by atoms with E-state index in [-0.39, 0.29) is 12.5 Å². The van der Waals surface area contributed by atoms with Crippen molar-refractivity contribution >= 4 is 23.7 Å². The average Bonchev–Trinajstić information content (AvgIpc) is 2.52. The summed E-state index contributed by atoms with van der Waals surface area (Å²) in [6.07, 6.45) is 2.57. The first-order valence-electron chi connectivity index (χ1n) is 7.42. The fraction of sp³-hybridized carbons (Fsp3) is 0.500. The summed E-state index contributed by atoms with van der Waals surface area (Å²) in [5.41, 5.74) is 0.876. The molecule has 2 N–H and O–H groups in total. The van der Waals surface area contributed by atoms with Gasteiger partial charge in [-0.15, -0.1) is 0 Å². The number of hydrogen-bond donors (Lipinski definition) is 2. The Morgan fingerprint density at radius 1 is 1.18 bits per heavy atom. The highest BCUT2D eigenvalue weighted by atomic mass is 35.5. The van der Waals surface area contributed by atoms with E-state index in [1.165, 1.54) is 0 Å². The normalized spacial score (nSPS) is 21.1. The molecule has 22 heavy (non-hydrogen) atoms. The van der Waals surface area contributed by atoms with Crippen molar-refractivity contribution in [2.75, 3.05) is 6.54 Å². The quantitative estimate of drug-likeness (QED) is 0.869. The van der Waals surface area contributed by atoms with Crippen molar-refractivity contribution in [2.24, 2.45) is 11.8 Å². The third kappa shape index (κ3) is 5.22. The molecule has 6 heteroatoms. The summed E-state index contributed by atoms with van der Waals surface area (Å²) < 4.78 is 5.13. The Bertz CT molecular complexity index is 509. The van der Waals surface area contributed by atoms with E-state index in [2.05, 4.69) is 5.32 Å². The number of carboxylic acid groups (broad SMARTS) is 1. The van der Waals surface area contributed by atoms with Gasteiger partial charge in [0, 0.05) is 11.6 Å². The molecule has 1 fully saturated rings. The molecule has 1 aromatic rings. The van der Waals surface area contributed by atoms with Crippen LogP contribution in [0.1, 0.15) is 31.2 Å². The van der Waals surface area contributed by atoms with Gasteiger partial charge in [-0.05, 0) is 49.3 Å². The van der Waals surface area contributed by atoms with Crippen molar-refractivity contribution < 1.29 is 19.4 Å². The molecule has 1 aliphatic rings. The van der Waals surface area contributed by atoms with E-state index in [9.17, 15) is 9.59 Å². The SMILES string of the molecule is O=C(NC[C@H]1CC[C@H](C(=O)O)CC1)OCc1ccc(Cl)cc1. The molecule has 1 aromatic carbocycles. The van der Waals surface area contributed by atoms with E-state index >= 15 is 0 Å². The van der Waals surface area contributed by atoms with Gasteiger partial charge in [-0.3, -0.25) is 4.79 Å². The molecule has 0 radical (unpaired) electrons. The molecule has 2 rings (SSSR count). The standard InChI is InChI=1S/C16H20ClNO4/c17-14-7-3-12(4-8-14)10-22-16(21)18-9-11-1-5-13(6-2-11)15(19)20/h3-4,7-8,11,13H,1-2,5-6,9-10H2,(H,18,21)(H,19,20)/t11-,13-. The van der Waals surface area contributed by atoms with Crippen LogP contribution < -0.4 is 5.32 Å². The monoisotopic (exact) mass is 325 g/mol. The predicted octanol–water partition coefficient (Wildman–Crippen LogP) is 3.46. The summed E-state index contributed by atoms with van der Waals surface area (Å²) in [5.74, 6) is -0.611. The van der Waals surface area contributed by atoms with Crippen LogP contribution in [0.15, 0.2) is 24.3 Å². The number of hydrogen-bond acceptors (Lipinski definition) is 3. The van der Waals surface area contributed by atoms with Gasteiger partial charge in [-0.1, -0.05) is 23.7 Å². The first-order valence-corrected chi connectivity index (χ1v) is 7.80. The van der Waals surface area contributed by atoms with Crippen molar-refractivity contribution in [2.45, 2.75) is 32.3 Å². The molecule has 0 unspecified atom stereocenters. The van der Waals surface area contributed by atoms with Crippen LogP contribution in [0.3, 0.4) is 0 Å². The molecule has 0 aliphatic heterocycles. The number of halogens is 1. The van der Waals surface area contributed by atoms with Gasteiger partial charge in [0.1, 0.15) is 6.61 Å². The van der Waals surface area contributed by atoms with E-state index in [0.717, 1.165) is 18.4 Å². The van der Waals surface area contributed by atoms with Crippen molar-refractivity contribution in [3.8, 4) is 0 Å². The fourth-order valence-corrected chi connectivity index (χ4v) is 2.75. The zero-order chi connectivity index (χ0) is 15.9. The molecule has 0 aromatic heterocycles. The Kier molecular flexibility index (Phi) is 6.07. The zero-order valence-electron chi connectivity index (χ0n) is 12.3. The molecule has 0 spiro atoms. The third-order valence-corrected chi connectivity index (χ3v) is 4.27. The molecule has 120 valence electrons. The summed E-state index contributed by atoms with van der Waals surface area (Å²) in [7, 11) is 0. The van der Waals surface area contributed by atoms with Crippen LogP contribution in [-0.4, -0.2) is 23.7 Å². The van der Waals surface area contributed by atoms with Gasteiger partial charge in [0.2, 0.25) is 0 Å². The van der Waals surface area contributed by atoms with Crippen molar-refractivity contribution in [1.82, 2.24) is 5.32 Å². The Morgan fingerprint density at radius 3 is 2.41 bits per heavy atom. The van der Waals surface area contributed by atoms with Gasteiger partial charge in [0.25, 0.3) is 0 Å². The smallest absolute Gasteiger partial charge is 0.407 e. The number of rotatable bonds is 5. The number of aliphatic carboxylic acids is 1. The molecular formula is C16H20ClNO4. The van der Waals surface area contributed by atoms with Crippen LogP contribution >= 0.6 is 11.6 Å². The third-order valence-electron chi connectivity index (χ3n) is 4.01. The lowest BCUT2D eigenvalue weighted by Crippen LogP contribution is -2.32. The van der Waals surface area contributed by atoms with E-state index in [1.54, 1.807) is 12.1 Å². The highest BCUT2D eigenvalue weighted by Crippen LogP contribution is 2.28. The van der Waals surface area contributed by atoms with E-state index in [1.807, 2.05) is 12.1 Å². The number of alkyl carbamates (subject to hydrolysis) is 1. The van der Waals surface area contributed by atoms with E-state index < -0.39 is 12.1 Å². The van der Waals surface area contributed by atoms with Crippen molar-refractivity contribution in [3.05, 3.63) is 34.9 Å². The molecule has 1 saturated carbocycles. The minimum absolute atomic E-state index is 0.203. The number of carboxylic acids is 1. The summed E-state index contributed by atoms with van der Waals surface area (Å²) in [4.78, 5) is 22.5. The molecule has 1 aliphatic carbocycles. The van der Waals surface area contributed by atoms with E-state index in [0.29, 0.717) is 30.3 Å². The lowest BCUT2D eigenvalue weighted by molar-refractivity contribution is -0.143. The maximum absolute atomic E-state index is 11.6. The van der Waals surface area contributed by atoms with Crippen LogP contribution in [-0.2, 0) is 16.1 Å². The van der Waals surface area contributed by atoms with Gasteiger partial charge in [-0.25, -0.2) is 4.79 Å². The van der Waals surface area contributed by atoms with Crippen LogP contribution in [0.2, 0.25) is 5.02 Å². The maximum atomic E-state index is 11.6. The first kappa shape index (κ1) is 16.6. The second kappa shape index (κ2) is 8.03. The summed E-state index contributed by atoms with van der Waals surface area (Å²) >= 11 is 5.78. The maximum Gasteiger partial charge on any atom is 0.407 e. The highest BCUT2D eigenvalue weighted by Gasteiger charge is 2.26. The molecule has 0 saturated heterocycles. The second-order valence-electron chi connectivity index (χ2n) is 5.64. The van der Waals surface area contributed by atoms with Crippen LogP contribution in [0.5, 0.6) is 0 Å². The minimum atomic E-state index is -0.714. The Balaban J connectivity index is 1.64. The number of carbonyl (C=O) groups is 2. The van der Waals surface area contributed by atoms with Crippen molar-refractivity contribution in [3.63, 3.8) is 0 Å². The number of ether oxygens (including phenoxy) is 1. The van der Waals surface area contributed by atoms with Gasteiger partial charge in [0.15, 0.2) is 0 Å². The zero-order valence-corrected chi connectivity index (χ0v) is 13.0. The second-order valence-corrected chi connectivity index (χ2v) is 6.08. The molecule has 0 bridgehead atoms. The van der Waals surface area contributed by atoms with Crippen LogP contribution in [0, 0.1) is 11.8 Å². The summed E-state index contributed by atoms with van der Waals surface area (Å²) in [5, 5.41) is 12.3. The molecule has 5 nitrogen and oxygen atoms in total. The predicted molar refractivity (Wildman–Crippen MR) is 82.7 cm³/mol. The highest BCUT2D eigenvalue weighted by molar-refractivity contribution is 6.30. The van der Waals surface area contributed by atoms with Gasteiger partial charge >= 0.3 is 12.1 Å². The number of carbonyl (C=O) groups excluding carboxylic acids is 1. The molecule has 0 heterocycles. The van der Waals surface area contributed by atoms with Crippen LogP contribution in [0.4, 0.5) is 4.79 Å². The number of nitrogens with one attached hydrogen (secondary N) is 1. The largest absolute Gasteiger partial charge is 0.481 e. The van der Waals surface area contributed by atoms with Crippen molar-refractivity contribution in [1.29, 1.82) is 0 Å². The molecule has 0 atom stereocenters. The Morgan fingerprint density at radius 2 is 1.82 bits per heavy atom. The topological polar surface area (TPSA) is 75.6 Å². The average molecular weight is 326 g/mol. The molecular weight excluding hydrogens is 306 g/mol.